The van der Waals surface area contributed by atoms with Crippen molar-refractivity contribution in [2.75, 3.05) is 13.2 Å². The summed E-state index contributed by atoms with van der Waals surface area (Å²) in [4.78, 5) is 21.0. The Morgan fingerprint density at radius 2 is 2.23 bits per heavy atom. The van der Waals surface area contributed by atoms with Gasteiger partial charge in [-0.1, -0.05) is 18.9 Å². The van der Waals surface area contributed by atoms with E-state index in [1.165, 1.54) is 23.8 Å². The van der Waals surface area contributed by atoms with Gasteiger partial charge in [0.2, 0.25) is 0 Å². The quantitative estimate of drug-likeness (QED) is 0.666. The molecule has 1 aromatic carbocycles. The van der Waals surface area contributed by atoms with Gasteiger partial charge in [-0.05, 0) is 30.5 Å². The number of allylic oxidation sites excluding steroid dienone is 1. The van der Waals surface area contributed by atoms with Crippen molar-refractivity contribution in [1.29, 1.82) is 10.7 Å². The van der Waals surface area contributed by atoms with Crippen molar-refractivity contribution in [3.63, 3.8) is 0 Å². The number of nitriles is 1. The lowest BCUT2D eigenvalue weighted by Gasteiger charge is -2.27. The van der Waals surface area contributed by atoms with E-state index in [9.17, 15) is 4.79 Å². The van der Waals surface area contributed by atoms with Crippen LogP contribution in [0.25, 0.3) is 16.8 Å². The summed E-state index contributed by atoms with van der Waals surface area (Å²) in [6, 6.07) is 8.04. The number of carbonyl (C=O) groups is 1. The molecule has 7 nitrogen and oxygen atoms in total. The maximum absolute atomic E-state index is 13.4. The van der Waals surface area contributed by atoms with E-state index in [0.717, 1.165) is 47.4 Å². The molecule has 1 aromatic heterocycles. The molecular formula is C23H25N5O2S. The van der Waals surface area contributed by atoms with Gasteiger partial charge >= 0.3 is 0 Å². The van der Waals surface area contributed by atoms with E-state index in [0.29, 0.717) is 42.3 Å². The normalized spacial score (nSPS) is 15.9. The third kappa shape index (κ3) is 4.19. The fourth-order valence-corrected chi connectivity index (χ4v) is 5.29. The minimum Gasteiger partial charge on any atom is -0.492 e. The Bertz CT molecular complexity index is 1060. The monoisotopic (exact) mass is 435 g/mol. The minimum atomic E-state index is -0.0727. The van der Waals surface area contributed by atoms with E-state index >= 15 is 0 Å². The molecule has 2 heterocycles. The molecule has 1 fully saturated rings. The van der Waals surface area contributed by atoms with Crippen molar-refractivity contribution in [3.8, 4) is 23.1 Å². The van der Waals surface area contributed by atoms with Crippen LogP contribution in [-0.4, -0.2) is 41.2 Å². The molecule has 0 saturated heterocycles. The van der Waals surface area contributed by atoms with E-state index in [1.807, 2.05) is 23.1 Å². The van der Waals surface area contributed by atoms with Gasteiger partial charge < -0.3 is 20.8 Å². The second-order valence-corrected chi connectivity index (χ2v) is 8.80. The van der Waals surface area contributed by atoms with E-state index < -0.39 is 0 Å². The molecule has 160 valence electrons. The summed E-state index contributed by atoms with van der Waals surface area (Å²) in [6.45, 7) is 0.942. The van der Waals surface area contributed by atoms with Crippen molar-refractivity contribution in [1.82, 2.24) is 9.88 Å². The highest BCUT2D eigenvalue weighted by molar-refractivity contribution is 7.14. The number of aromatic nitrogens is 1. The zero-order valence-electron chi connectivity index (χ0n) is 17.3. The highest BCUT2D eigenvalue weighted by atomic mass is 32.1. The van der Waals surface area contributed by atoms with Crippen molar-refractivity contribution < 1.29 is 9.53 Å². The third-order valence-electron chi connectivity index (χ3n) is 5.86. The number of nitrogens with one attached hydrogen (secondary N) is 1. The highest BCUT2D eigenvalue weighted by Crippen LogP contribution is 2.39. The molecule has 0 unspecified atom stereocenters. The van der Waals surface area contributed by atoms with E-state index in [1.54, 1.807) is 0 Å². The number of fused-ring (bicyclic) bond motifs is 3. The average Bonchev–Trinajstić information content (AvgIpc) is 3.43. The van der Waals surface area contributed by atoms with Gasteiger partial charge in [-0.2, -0.15) is 5.26 Å². The van der Waals surface area contributed by atoms with Gasteiger partial charge in [-0.15, -0.1) is 11.3 Å². The highest BCUT2D eigenvalue weighted by Gasteiger charge is 2.31. The summed E-state index contributed by atoms with van der Waals surface area (Å²) in [5.41, 5.74) is 8.66. The lowest BCUT2D eigenvalue weighted by Crippen LogP contribution is -2.39. The molecule has 0 bridgehead atoms. The minimum absolute atomic E-state index is 0.0727. The lowest BCUT2D eigenvalue weighted by atomic mass is 10.0. The zero-order valence-corrected chi connectivity index (χ0v) is 18.1. The molecule has 2 aromatic rings. The van der Waals surface area contributed by atoms with Crippen LogP contribution < -0.4 is 10.5 Å². The first-order chi connectivity index (χ1) is 15.2. The number of nitrogens with zero attached hydrogens (tertiary/aromatic N) is 3. The van der Waals surface area contributed by atoms with Crippen LogP contribution in [0.4, 0.5) is 0 Å². The summed E-state index contributed by atoms with van der Waals surface area (Å²) in [5.74, 6) is 0.607. The van der Waals surface area contributed by atoms with Crippen LogP contribution >= 0.6 is 11.3 Å². The summed E-state index contributed by atoms with van der Waals surface area (Å²) in [5, 5.41) is 17.0. The molecule has 1 saturated carbocycles. The van der Waals surface area contributed by atoms with Crippen LogP contribution in [0, 0.1) is 16.7 Å². The molecule has 4 rings (SSSR count). The van der Waals surface area contributed by atoms with Gasteiger partial charge in [-0.3, -0.25) is 4.79 Å². The molecule has 1 amide bonds. The number of nitrogens with two attached hydrogens (primary N) is 1. The van der Waals surface area contributed by atoms with E-state index in [4.69, 9.17) is 26.1 Å². The van der Waals surface area contributed by atoms with Gasteiger partial charge in [0.25, 0.3) is 5.91 Å². The summed E-state index contributed by atoms with van der Waals surface area (Å²) < 4.78 is 5.94. The van der Waals surface area contributed by atoms with Crippen molar-refractivity contribution in [2.24, 2.45) is 5.73 Å². The topological polar surface area (TPSA) is 116 Å². The van der Waals surface area contributed by atoms with Crippen LogP contribution in [0.5, 0.6) is 5.75 Å². The smallest absolute Gasteiger partial charge is 0.283 e. The van der Waals surface area contributed by atoms with Crippen LogP contribution in [0.3, 0.4) is 0 Å². The van der Waals surface area contributed by atoms with Gasteiger partial charge in [0.1, 0.15) is 5.75 Å². The van der Waals surface area contributed by atoms with Gasteiger partial charge in [-0.25, -0.2) is 4.98 Å². The molecule has 0 radical (unpaired) electrons. The Morgan fingerprint density at radius 3 is 2.94 bits per heavy atom. The summed E-state index contributed by atoms with van der Waals surface area (Å²) in [6.07, 6.45) is 7.84. The maximum atomic E-state index is 13.4. The average molecular weight is 436 g/mol. The Labute approximate surface area is 185 Å². The second kappa shape index (κ2) is 9.31. The Kier molecular flexibility index (Phi) is 6.33. The molecule has 3 N–H and O–H groups in total. The Morgan fingerprint density at radius 1 is 1.42 bits per heavy atom. The van der Waals surface area contributed by atoms with E-state index in [2.05, 4.69) is 6.07 Å². The Balaban J connectivity index is 1.68. The standard InChI is InChI=1S/C23H25N5O2S/c24-9-3-10-28(17-4-1-2-5-17)23(29)22-27-21-18-7-6-15(16(13-25)14-26)12-19(18)30-11-8-20(21)31-22/h6-7,12-14,17,25H,1-5,8,10-11,26H2/b16-14+,25-13?. The predicted octanol–water partition coefficient (Wildman–Crippen LogP) is 3.99. The number of ether oxygens (including phenoxy) is 1. The second-order valence-electron chi connectivity index (χ2n) is 7.71. The fourth-order valence-electron chi connectivity index (χ4n) is 4.28. The van der Waals surface area contributed by atoms with Crippen LogP contribution in [0.1, 0.15) is 52.3 Å². The van der Waals surface area contributed by atoms with Crippen LogP contribution in [0.2, 0.25) is 0 Å². The first-order valence-corrected chi connectivity index (χ1v) is 11.4. The number of benzene rings is 1. The number of rotatable bonds is 6. The molecule has 0 spiro atoms. The van der Waals surface area contributed by atoms with Crippen LogP contribution in [-0.2, 0) is 6.42 Å². The van der Waals surface area contributed by atoms with Gasteiger partial charge in [0.15, 0.2) is 5.01 Å². The van der Waals surface area contributed by atoms with Gasteiger partial charge in [0, 0.05) is 47.4 Å². The first kappa shape index (κ1) is 21.1. The molecule has 31 heavy (non-hydrogen) atoms. The van der Waals surface area contributed by atoms with Crippen LogP contribution in [0.15, 0.2) is 24.4 Å². The number of carbonyl (C=O) groups excluding carboxylic acids is 1. The number of amides is 1. The van der Waals surface area contributed by atoms with Crippen molar-refractivity contribution in [3.05, 3.63) is 39.8 Å². The number of thiazole rings is 1. The molecular weight excluding hydrogens is 410 g/mol. The summed E-state index contributed by atoms with van der Waals surface area (Å²) in [7, 11) is 0. The molecule has 1 aliphatic heterocycles. The number of hydrogen-bond donors (Lipinski definition) is 2. The number of hydrogen-bond acceptors (Lipinski definition) is 7. The molecule has 1 aliphatic carbocycles. The van der Waals surface area contributed by atoms with Crippen molar-refractivity contribution >= 4 is 29.0 Å². The maximum Gasteiger partial charge on any atom is 0.283 e. The SMILES string of the molecule is N#CCCN(C(=O)c1nc2c(s1)CCOc1cc(/C(C=N)=C/N)ccc1-2)C1CCCC1. The molecule has 8 heteroatoms. The molecule has 0 atom stereocenters. The van der Waals surface area contributed by atoms with Crippen molar-refractivity contribution in [2.45, 2.75) is 44.6 Å². The molecule has 2 aliphatic rings. The first-order valence-electron chi connectivity index (χ1n) is 10.5. The Hall–Kier alpha value is -3.18. The third-order valence-corrected chi connectivity index (χ3v) is 6.97. The fraction of sp³-hybridized carbons (Fsp3) is 0.391. The summed E-state index contributed by atoms with van der Waals surface area (Å²) >= 11 is 1.43. The largest absolute Gasteiger partial charge is 0.492 e. The zero-order chi connectivity index (χ0) is 21.8. The van der Waals surface area contributed by atoms with Gasteiger partial charge in [0.05, 0.1) is 24.8 Å². The predicted molar refractivity (Wildman–Crippen MR) is 121 cm³/mol. The van der Waals surface area contributed by atoms with E-state index in [-0.39, 0.29) is 11.9 Å². The lowest BCUT2D eigenvalue weighted by molar-refractivity contribution is 0.0686.